The van der Waals surface area contributed by atoms with Crippen molar-refractivity contribution in [1.82, 2.24) is 15.3 Å². The Labute approximate surface area is 574 Å². The Morgan fingerprint density at radius 1 is 0.295 bits per heavy atom. The summed E-state index contributed by atoms with van der Waals surface area (Å²) in [4.78, 5) is 15.3. The van der Waals surface area contributed by atoms with Gasteiger partial charge in [0.1, 0.15) is 10.6 Å². The summed E-state index contributed by atoms with van der Waals surface area (Å²) in [5.41, 5.74) is 17.7. The van der Waals surface area contributed by atoms with Crippen molar-refractivity contribution in [1.29, 1.82) is 0 Å². The first kappa shape index (κ1) is 89.5. The second-order valence-electron chi connectivity index (χ2n) is 21.7. The SMILES string of the molecule is Cc1cc(C)c(N=C(N[PH+](C(C)C)C(C)C)c2ccccc2)c(C)c1.Cc1cccc(C)c1N=C(N[PH+](C(C)C)C(C)C)c1ccccc1.Cc1cccc(C)c1N=C(N[PH+](c1ccccc1)c1ccccc1)c1ccccc1.[CH3-].[CH3-].[CH3-].[CH3-].[CH3-].[CH3-].[Cr+2].[Cr+2].[Cr+2]. The molecule has 6 nitrogen and oxygen atoms in total. The Kier molecular flexibility index (Phi) is 46.1. The Bertz CT molecular complexity index is 3130. The average molecular weight is 1350 g/mol. The number of aryl methyl sites for hydroxylation is 7. The van der Waals surface area contributed by atoms with Crippen LogP contribution in [-0.4, -0.2) is 40.1 Å². The molecule has 3 N–H and O–H groups in total. The number of nitrogens with zero attached hydrogens (tertiary/aromatic N) is 3. The molecular formula is C76H106Cr3N6P3+3. The third-order valence-corrected chi connectivity index (χ3v) is 22.0. The standard InChI is InChI=1S/C27H25N2P.C22H31N2P.C21H29N2P.6CH3.3Cr/c1-21-13-12-14-22(2)26(21)28-27(23-15-6-3-7-16-23)29-30(24-17-8-4-9-18-24)25-19-10-5-11-20-25;1-15(2)25(16(3)4)24-22(20-11-9-8-10-12-20)23-21-18(6)13-17(5)14-19(21)7;1-15(2)24(16(3)4)23-21(19-13-8-7-9-14-19)22-20-17(5)11-10-12-18(20)6;;;;;;;;;/h3-20H,1-2H3,(H,28,29);8-16H,1-7H3,(H,23,24);7-16H,1-6H3,(H,22,23);6*1H3;;;/q;;;6*-1;3*+2/p+3. The van der Waals surface area contributed by atoms with Crippen molar-refractivity contribution in [2.24, 2.45) is 15.0 Å². The predicted molar refractivity (Wildman–Crippen MR) is 396 cm³/mol. The van der Waals surface area contributed by atoms with Crippen LogP contribution in [0, 0.1) is 93.0 Å². The van der Waals surface area contributed by atoms with Crippen molar-refractivity contribution in [3.63, 3.8) is 0 Å². The van der Waals surface area contributed by atoms with Crippen LogP contribution in [0.4, 0.5) is 17.1 Å². The Morgan fingerprint density at radius 3 is 0.773 bits per heavy atom. The average Bonchev–Trinajstić information content (AvgIpc) is 3.62. The van der Waals surface area contributed by atoms with Gasteiger partial charge in [-0.25, -0.2) is 30.2 Å². The number of para-hydroxylation sites is 2. The zero-order valence-electron chi connectivity index (χ0n) is 56.9. The monoisotopic (exact) mass is 1350 g/mol. The summed E-state index contributed by atoms with van der Waals surface area (Å²) < 4.78 is 0. The topological polar surface area (TPSA) is 73.2 Å². The largest absolute Gasteiger partial charge is 2.00 e. The van der Waals surface area contributed by atoms with Crippen LogP contribution in [0.1, 0.15) is 111 Å². The van der Waals surface area contributed by atoms with Gasteiger partial charge in [0.05, 0.1) is 55.8 Å². The maximum absolute atomic E-state index is 5.15. The molecule has 0 aliphatic carbocycles. The molecule has 0 aliphatic rings. The molecule has 8 aromatic carbocycles. The minimum atomic E-state index is -1.27. The fourth-order valence-corrected chi connectivity index (χ4v) is 16.6. The van der Waals surface area contributed by atoms with Crippen LogP contribution >= 0.6 is 24.2 Å². The molecule has 0 aliphatic heterocycles. The van der Waals surface area contributed by atoms with E-state index in [2.05, 4.69) is 313 Å². The summed E-state index contributed by atoms with van der Waals surface area (Å²) in [7, 11) is -2.78. The van der Waals surface area contributed by atoms with Crippen molar-refractivity contribution in [3.8, 4) is 0 Å². The molecule has 0 unspecified atom stereocenters. The molecule has 0 bridgehead atoms. The van der Waals surface area contributed by atoms with Crippen LogP contribution in [0.5, 0.6) is 0 Å². The van der Waals surface area contributed by atoms with Gasteiger partial charge in [0.15, 0.2) is 25.6 Å². The van der Waals surface area contributed by atoms with Crippen molar-refractivity contribution in [3.05, 3.63) is 300 Å². The molecule has 0 aromatic heterocycles. The van der Waals surface area contributed by atoms with Gasteiger partial charge in [-0.2, -0.15) is 0 Å². The van der Waals surface area contributed by atoms with Crippen LogP contribution in [0.25, 0.3) is 0 Å². The van der Waals surface area contributed by atoms with Gasteiger partial charge in [-0.1, -0.05) is 181 Å². The Balaban J connectivity index is -0.000000576. The summed E-state index contributed by atoms with van der Waals surface area (Å²) in [5.74, 6) is 2.92. The molecule has 0 amide bonds. The number of nitrogens with one attached hydrogen (secondary N) is 3. The van der Waals surface area contributed by atoms with Crippen LogP contribution in [0.2, 0.25) is 0 Å². The van der Waals surface area contributed by atoms with Crippen molar-refractivity contribution < 1.29 is 52.1 Å². The minimum Gasteiger partial charge on any atom is -0.358 e. The quantitative estimate of drug-likeness (QED) is 0.0414. The van der Waals surface area contributed by atoms with E-state index >= 15 is 0 Å². The smallest absolute Gasteiger partial charge is 0.358 e. The van der Waals surface area contributed by atoms with Gasteiger partial charge in [-0.15, -0.1) is 0 Å². The molecule has 12 heteroatoms. The summed E-state index contributed by atoms with van der Waals surface area (Å²) in [6, 6.07) is 69.9. The predicted octanol–water partition coefficient (Wildman–Crippen LogP) is 20.6. The maximum atomic E-state index is 5.15. The maximum Gasteiger partial charge on any atom is 2.00 e. The van der Waals surface area contributed by atoms with E-state index in [1.807, 2.05) is 6.07 Å². The fourth-order valence-electron chi connectivity index (χ4n) is 9.75. The van der Waals surface area contributed by atoms with Crippen molar-refractivity contribution in [2.45, 2.75) is 126 Å². The summed E-state index contributed by atoms with van der Waals surface area (Å²) in [5, 5.41) is 14.1. The first-order valence-electron chi connectivity index (χ1n) is 28.1. The van der Waals surface area contributed by atoms with E-state index in [-0.39, 0.29) is 96.6 Å². The van der Waals surface area contributed by atoms with Crippen molar-refractivity contribution in [2.75, 3.05) is 0 Å². The minimum absolute atomic E-state index is 0. The second-order valence-corrected chi connectivity index (χ2v) is 30.8. The van der Waals surface area contributed by atoms with Gasteiger partial charge in [-0.3, -0.25) is 0 Å². The van der Waals surface area contributed by atoms with Crippen molar-refractivity contribution >= 4 is 69.4 Å². The van der Waals surface area contributed by atoms with E-state index in [0.717, 1.165) is 51.3 Å². The normalized spacial score (nSPS) is 10.8. The van der Waals surface area contributed by atoms with Crippen LogP contribution in [-0.2, 0) is 52.1 Å². The number of hydrogen-bond acceptors (Lipinski definition) is 3. The zero-order valence-corrected chi connectivity index (χ0v) is 63.8. The molecule has 0 saturated carbocycles. The molecule has 0 atom stereocenters. The molecule has 470 valence electrons. The van der Waals surface area contributed by atoms with E-state index in [0.29, 0.717) is 22.6 Å². The first-order valence-corrected chi connectivity index (χ1v) is 32.9. The molecule has 0 heterocycles. The Hall–Kier alpha value is -4.94. The van der Waals surface area contributed by atoms with E-state index in [1.165, 1.54) is 49.6 Å². The number of aliphatic imine (C=N–C) groups is 3. The number of hydrogen-bond donors (Lipinski definition) is 3. The summed E-state index contributed by atoms with van der Waals surface area (Å²) >= 11 is 0. The van der Waals surface area contributed by atoms with Gasteiger partial charge in [0.2, 0.25) is 0 Å². The van der Waals surface area contributed by atoms with E-state index in [9.17, 15) is 0 Å². The second kappa shape index (κ2) is 45.3. The molecule has 0 fully saturated rings. The number of amidine groups is 3. The fraction of sp³-hybridized carbons (Fsp3) is 0.250. The zero-order chi connectivity index (χ0) is 57.0. The van der Waals surface area contributed by atoms with Gasteiger partial charge >= 0.3 is 52.1 Å². The van der Waals surface area contributed by atoms with Gasteiger partial charge in [-0.05, 0) is 162 Å². The molecule has 8 aromatic rings. The van der Waals surface area contributed by atoms with E-state index < -0.39 is 24.2 Å². The molecule has 88 heavy (non-hydrogen) atoms. The number of rotatable bonds is 15. The van der Waals surface area contributed by atoms with Gasteiger partial charge in [0, 0.05) is 16.7 Å². The third-order valence-electron chi connectivity index (χ3n) is 13.7. The molecule has 0 saturated heterocycles. The van der Waals surface area contributed by atoms with Crippen LogP contribution in [0.15, 0.2) is 215 Å². The summed E-state index contributed by atoms with van der Waals surface area (Å²) in [6.45, 7) is 33.4. The van der Waals surface area contributed by atoms with Crippen LogP contribution < -0.4 is 25.9 Å². The number of benzene rings is 8. The van der Waals surface area contributed by atoms with Crippen LogP contribution in [0.3, 0.4) is 0 Å². The van der Waals surface area contributed by atoms with Gasteiger partial charge < -0.3 is 44.6 Å². The Morgan fingerprint density at radius 2 is 0.523 bits per heavy atom. The summed E-state index contributed by atoms with van der Waals surface area (Å²) in [6.07, 6.45) is 0. The first-order chi connectivity index (χ1) is 37.9. The third kappa shape index (κ3) is 26.9. The molecule has 0 radical (unpaired) electrons. The molecule has 8 rings (SSSR count). The van der Waals surface area contributed by atoms with Gasteiger partial charge in [0.25, 0.3) is 0 Å². The molecular weight excluding hydrogens is 1250 g/mol. The van der Waals surface area contributed by atoms with E-state index in [1.54, 1.807) is 0 Å². The van der Waals surface area contributed by atoms with E-state index in [4.69, 9.17) is 15.0 Å². The molecule has 0 spiro atoms.